The van der Waals surface area contributed by atoms with E-state index in [0.717, 1.165) is 25.1 Å². The van der Waals surface area contributed by atoms with Crippen molar-refractivity contribution in [3.05, 3.63) is 33.8 Å². The van der Waals surface area contributed by atoms with Gasteiger partial charge in [0, 0.05) is 6.54 Å². The zero-order valence-electron chi connectivity index (χ0n) is 11.9. The van der Waals surface area contributed by atoms with Gasteiger partial charge in [0.05, 0.1) is 11.6 Å². The topological polar surface area (TPSA) is 41.5 Å². The van der Waals surface area contributed by atoms with E-state index in [1.54, 1.807) is 12.7 Å². The Bertz CT molecular complexity index is 486. The second-order valence-electron chi connectivity index (χ2n) is 5.16. The van der Waals surface area contributed by atoms with Crippen LogP contribution in [-0.4, -0.2) is 18.8 Å². The van der Waals surface area contributed by atoms with Gasteiger partial charge in [-0.2, -0.15) is 0 Å². The molecule has 110 valence electrons. The van der Waals surface area contributed by atoms with Crippen LogP contribution in [0.2, 0.25) is 0 Å². The summed E-state index contributed by atoms with van der Waals surface area (Å²) in [5.41, 5.74) is 2.69. The minimum Gasteiger partial charge on any atom is -0.503 e. The Hall–Kier alpha value is -1.00. The number of allylic oxidation sites excluding steroid dienone is 1. The number of hydrogen-bond acceptors (Lipinski definition) is 3. The minimum atomic E-state index is 0.156. The number of halogens is 1. The van der Waals surface area contributed by atoms with Crippen LogP contribution in [0.15, 0.2) is 28.3 Å². The Morgan fingerprint density at radius 1 is 1.35 bits per heavy atom. The molecule has 0 aromatic heterocycles. The molecular weight excluding hydrogens is 318 g/mol. The molecule has 20 heavy (non-hydrogen) atoms. The Morgan fingerprint density at radius 3 is 2.90 bits per heavy atom. The predicted molar refractivity (Wildman–Crippen MR) is 85.2 cm³/mol. The summed E-state index contributed by atoms with van der Waals surface area (Å²) < 4.78 is 5.82. The van der Waals surface area contributed by atoms with Crippen LogP contribution >= 0.6 is 15.9 Å². The third-order valence-electron chi connectivity index (χ3n) is 3.65. The largest absolute Gasteiger partial charge is 0.503 e. The smallest absolute Gasteiger partial charge is 0.172 e. The molecule has 1 aromatic carbocycles. The number of methoxy groups -OCH3 is 1. The molecule has 3 nitrogen and oxygen atoms in total. The normalized spacial score (nSPS) is 15.0. The number of phenols is 1. The van der Waals surface area contributed by atoms with E-state index in [1.807, 2.05) is 12.1 Å². The zero-order valence-corrected chi connectivity index (χ0v) is 13.5. The van der Waals surface area contributed by atoms with Crippen molar-refractivity contribution in [2.75, 3.05) is 13.7 Å². The molecule has 0 bridgehead atoms. The summed E-state index contributed by atoms with van der Waals surface area (Å²) in [6.07, 6.45) is 8.73. The summed E-state index contributed by atoms with van der Waals surface area (Å²) >= 11 is 3.34. The fourth-order valence-electron chi connectivity index (χ4n) is 2.50. The summed E-state index contributed by atoms with van der Waals surface area (Å²) in [6.45, 7) is 1.77. The molecule has 0 atom stereocenters. The van der Waals surface area contributed by atoms with E-state index in [9.17, 15) is 5.11 Å². The summed E-state index contributed by atoms with van der Waals surface area (Å²) in [6, 6.07) is 3.79. The number of phenolic OH excluding ortho intramolecular Hbond substituents is 1. The van der Waals surface area contributed by atoms with Crippen LogP contribution in [0.5, 0.6) is 11.5 Å². The number of aromatic hydroxyl groups is 1. The fourth-order valence-corrected chi connectivity index (χ4v) is 2.99. The van der Waals surface area contributed by atoms with Gasteiger partial charge in [-0.15, -0.1) is 0 Å². The number of hydrogen-bond donors (Lipinski definition) is 2. The second-order valence-corrected chi connectivity index (χ2v) is 6.02. The maximum absolute atomic E-state index is 9.76. The molecule has 0 saturated heterocycles. The fraction of sp³-hybridized carbons (Fsp3) is 0.500. The van der Waals surface area contributed by atoms with Gasteiger partial charge < -0.3 is 15.2 Å². The molecule has 0 unspecified atom stereocenters. The first-order valence-corrected chi connectivity index (χ1v) is 7.94. The highest BCUT2D eigenvalue weighted by atomic mass is 79.9. The van der Waals surface area contributed by atoms with Crippen LogP contribution in [0.3, 0.4) is 0 Å². The van der Waals surface area contributed by atoms with Crippen molar-refractivity contribution in [1.29, 1.82) is 0 Å². The van der Waals surface area contributed by atoms with Gasteiger partial charge in [-0.1, -0.05) is 11.6 Å². The SMILES string of the molecule is COc1cc(CNCCC2=CCCCC2)cc(Br)c1O. The van der Waals surface area contributed by atoms with Crippen LogP contribution in [0.1, 0.15) is 37.7 Å². The van der Waals surface area contributed by atoms with Crippen molar-refractivity contribution in [3.63, 3.8) is 0 Å². The Balaban J connectivity index is 1.82. The standard InChI is InChI=1S/C16H22BrNO2/c1-20-15-10-13(9-14(17)16(15)19)11-18-8-7-12-5-3-2-4-6-12/h5,9-10,18-19H,2-4,6-8,11H2,1H3. The lowest BCUT2D eigenvalue weighted by molar-refractivity contribution is 0.371. The first kappa shape index (κ1) is 15.4. The molecule has 0 amide bonds. The van der Waals surface area contributed by atoms with Gasteiger partial charge in [-0.25, -0.2) is 0 Å². The van der Waals surface area contributed by atoms with Crippen molar-refractivity contribution < 1.29 is 9.84 Å². The summed E-state index contributed by atoms with van der Waals surface area (Å²) in [5.74, 6) is 0.662. The average molecular weight is 340 g/mol. The molecule has 2 rings (SSSR count). The molecule has 1 aromatic rings. The lowest BCUT2D eigenvalue weighted by Gasteiger charge is -2.13. The lowest BCUT2D eigenvalue weighted by atomic mass is 9.97. The quantitative estimate of drug-likeness (QED) is 0.604. The van der Waals surface area contributed by atoms with Crippen LogP contribution in [0.4, 0.5) is 0 Å². The van der Waals surface area contributed by atoms with Gasteiger partial charge in [-0.3, -0.25) is 0 Å². The van der Waals surface area contributed by atoms with E-state index in [0.29, 0.717) is 10.2 Å². The Morgan fingerprint density at radius 2 is 2.20 bits per heavy atom. The summed E-state index contributed by atoms with van der Waals surface area (Å²) in [7, 11) is 1.56. The van der Waals surface area contributed by atoms with E-state index >= 15 is 0 Å². The summed E-state index contributed by atoms with van der Waals surface area (Å²) in [4.78, 5) is 0. The third kappa shape index (κ3) is 4.25. The molecule has 0 saturated carbocycles. The van der Waals surface area contributed by atoms with Crippen molar-refractivity contribution in [1.82, 2.24) is 5.32 Å². The van der Waals surface area contributed by atoms with E-state index in [-0.39, 0.29) is 5.75 Å². The van der Waals surface area contributed by atoms with Gasteiger partial charge in [0.1, 0.15) is 0 Å². The van der Waals surface area contributed by atoms with Gasteiger partial charge in [0.25, 0.3) is 0 Å². The molecule has 0 fully saturated rings. The number of rotatable bonds is 6. The highest BCUT2D eigenvalue weighted by molar-refractivity contribution is 9.10. The molecule has 4 heteroatoms. The van der Waals surface area contributed by atoms with Gasteiger partial charge >= 0.3 is 0 Å². The molecular formula is C16H22BrNO2. The van der Waals surface area contributed by atoms with Gasteiger partial charge in [0.2, 0.25) is 0 Å². The maximum atomic E-state index is 9.76. The van der Waals surface area contributed by atoms with Crippen molar-refractivity contribution in [2.45, 2.75) is 38.6 Å². The minimum absolute atomic E-state index is 0.156. The first-order valence-electron chi connectivity index (χ1n) is 7.14. The van der Waals surface area contributed by atoms with Crippen LogP contribution in [-0.2, 0) is 6.54 Å². The summed E-state index contributed by atoms with van der Waals surface area (Å²) in [5, 5.41) is 13.2. The molecule has 1 aliphatic carbocycles. The Kier molecular flexibility index (Phi) is 5.92. The van der Waals surface area contributed by atoms with Crippen molar-refractivity contribution in [2.24, 2.45) is 0 Å². The van der Waals surface area contributed by atoms with E-state index in [1.165, 1.54) is 25.7 Å². The molecule has 0 aliphatic heterocycles. The van der Waals surface area contributed by atoms with E-state index < -0.39 is 0 Å². The van der Waals surface area contributed by atoms with E-state index in [2.05, 4.69) is 27.3 Å². The average Bonchev–Trinajstić information content (AvgIpc) is 2.48. The number of nitrogens with one attached hydrogen (secondary N) is 1. The molecule has 2 N–H and O–H groups in total. The highest BCUT2D eigenvalue weighted by Gasteiger charge is 2.08. The monoisotopic (exact) mass is 339 g/mol. The second kappa shape index (κ2) is 7.70. The first-order chi connectivity index (χ1) is 9.70. The maximum Gasteiger partial charge on any atom is 0.172 e. The number of ether oxygens (including phenoxy) is 1. The predicted octanol–water partition coefficient (Wildman–Crippen LogP) is 4.14. The lowest BCUT2D eigenvalue weighted by Crippen LogP contribution is -2.15. The van der Waals surface area contributed by atoms with Crippen LogP contribution in [0, 0.1) is 0 Å². The highest BCUT2D eigenvalue weighted by Crippen LogP contribution is 2.35. The van der Waals surface area contributed by atoms with Crippen LogP contribution < -0.4 is 10.1 Å². The third-order valence-corrected chi connectivity index (χ3v) is 4.25. The van der Waals surface area contributed by atoms with Crippen molar-refractivity contribution in [3.8, 4) is 11.5 Å². The molecule has 0 heterocycles. The van der Waals surface area contributed by atoms with Gasteiger partial charge in [0.15, 0.2) is 11.5 Å². The Labute approximate surface area is 129 Å². The molecule has 0 spiro atoms. The zero-order chi connectivity index (χ0) is 14.4. The molecule has 0 radical (unpaired) electrons. The molecule has 1 aliphatic rings. The van der Waals surface area contributed by atoms with E-state index in [4.69, 9.17) is 4.74 Å². The van der Waals surface area contributed by atoms with Gasteiger partial charge in [-0.05, 0) is 72.3 Å². The van der Waals surface area contributed by atoms with Crippen molar-refractivity contribution >= 4 is 15.9 Å². The number of benzene rings is 1. The van der Waals surface area contributed by atoms with Crippen LogP contribution in [0.25, 0.3) is 0 Å².